The van der Waals surface area contributed by atoms with Crippen LogP contribution >= 0.6 is 0 Å². The Morgan fingerprint density at radius 1 is 1.00 bits per heavy atom. The van der Waals surface area contributed by atoms with Crippen LogP contribution in [-0.2, 0) is 6.54 Å². The van der Waals surface area contributed by atoms with Gasteiger partial charge in [0.1, 0.15) is 0 Å². The second-order valence-corrected chi connectivity index (χ2v) is 4.79. The number of anilines is 1. The molecule has 0 amide bonds. The van der Waals surface area contributed by atoms with E-state index < -0.39 is 0 Å². The fourth-order valence-corrected chi connectivity index (χ4v) is 1.91. The molecule has 2 nitrogen and oxygen atoms in total. The van der Waals surface area contributed by atoms with Crippen molar-refractivity contribution in [2.24, 2.45) is 0 Å². The Morgan fingerprint density at radius 2 is 1.68 bits per heavy atom. The Morgan fingerprint density at radius 3 is 2.32 bits per heavy atom. The standard InChI is InChI=1S/C17H21N2/c1-18(2)17-11-9-16(10-12-17)8-4-7-15-19-13-5-3-6-14-19/h3-6,8-14H,7,15H2,1-2H3/q+1. The van der Waals surface area contributed by atoms with Gasteiger partial charge in [-0.25, -0.2) is 4.57 Å². The highest BCUT2D eigenvalue weighted by Crippen LogP contribution is 2.13. The van der Waals surface area contributed by atoms with Crippen molar-refractivity contribution in [2.45, 2.75) is 13.0 Å². The van der Waals surface area contributed by atoms with Gasteiger partial charge < -0.3 is 4.90 Å². The lowest BCUT2D eigenvalue weighted by Gasteiger charge is -2.11. The van der Waals surface area contributed by atoms with Gasteiger partial charge in [-0.05, 0) is 17.7 Å². The van der Waals surface area contributed by atoms with E-state index in [0.717, 1.165) is 13.0 Å². The number of nitrogens with zero attached hydrogens (tertiary/aromatic N) is 2. The van der Waals surface area contributed by atoms with Gasteiger partial charge in [0.2, 0.25) is 0 Å². The van der Waals surface area contributed by atoms with Crippen LogP contribution in [0.5, 0.6) is 0 Å². The molecule has 0 fully saturated rings. The third-order valence-corrected chi connectivity index (χ3v) is 3.05. The fraction of sp³-hybridized carbons (Fsp3) is 0.235. The third-order valence-electron chi connectivity index (χ3n) is 3.05. The molecule has 0 aliphatic heterocycles. The van der Waals surface area contributed by atoms with Crippen molar-refractivity contribution in [1.29, 1.82) is 0 Å². The van der Waals surface area contributed by atoms with Crippen LogP contribution < -0.4 is 9.47 Å². The first-order chi connectivity index (χ1) is 9.25. The van der Waals surface area contributed by atoms with Crippen LogP contribution in [0.3, 0.4) is 0 Å². The maximum absolute atomic E-state index is 2.23. The molecule has 0 spiro atoms. The summed E-state index contributed by atoms with van der Waals surface area (Å²) in [5, 5.41) is 0. The summed E-state index contributed by atoms with van der Waals surface area (Å²) < 4.78 is 2.19. The smallest absolute Gasteiger partial charge is 0.168 e. The topological polar surface area (TPSA) is 7.12 Å². The number of pyridine rings is 1. The summed E-state index contributed by atoms with van der Waals surface area (Å²) in [5.41, 5.74) is 2.49. The third kappa shape index (κ3) is 4.25. The van der Waals surface area contributed by atoms with Crippen LogP contribution in [0.1, 0.15) is 12.0 Å². The Balaban J connectivity index is 1.85. The van der Waals surface area contributed by atoms with Crippen LogP contribution in [0.4, 0.5) is 5.69 Å². The van der Waals surface area contributed by atoms with Gasteiger partial charge in [-0.15, -0.1) is 0 Å². The van der Waals surface area contributed by atoms with Crippen LogP contribution in [0.2, 0.25) is 0 Å². The van der Waals surface area contributed by atoms with E-state index in [1.54, 1.807) is 0 Å². The van der Waals surface area contributed by atoms with Crippen molar-refractivity contribution in [3.8, 4) is 0 Å². The zero-order chi connectivity index (χ0) is 13.5. The predicted octanol–water partition coefficient (Wildman–Crippen LogP) is 3.14. The minimum Gasteiger partial charge on any atom is -0.378 e. The lowest BCUT2D eigenvalue weighted by atomic mass is 10.2. The Kier molecular flexibility index (Phi) is 4.73. The van der Waals surface area contributed by atoms with E-state index in [4.69, 9.17) is 0 Å². The molecule has 0 aliphatic rings. The second-order valence-electron chi connectivity index (χ2n) is 4.79. The number of rotatable bonds is 5. The normalized spacial score (nSPS) is 10.8. The van der Waals surface area contributed by atoms with Gasteiger partial charge in [0, 0.05) is 38.3 Å². The number of aromatic nitrogens is 1. The summed E-state index contributed by atoms with van der Waals surface area (Å²) in [7, 11) is 4.11. The molecule has 1 aromatic carbocycles. The Labute approximate surface area is 115 Å². The predicted molar refractivity (Wildman–Crippen MR) is 81.1 cm³/mol. The highest BCUT2D eigenvalue weighted by Gasteiger charge is 1.95. The molecule has 1 aromatic heterocycles. The second kappa shape index (κ2) is 6.74. The van der Waals surface area contributed by atoms with E-state index in [1.807, 2.05) is 6.07 Å². The van der Waals surface area contributed by atoms with Crippen molar-refractivity contribution in [3.05, 3.63) is 66.5 Å². The van der Waals surface area contributed by atoms with Crippen molar-refractivity contribution in [2.75, 3.05) is 19.0 Å². The van der Waals surface area contributed by atoms with Crippen LogP contribution in [0.15, 0.2) is 60.9 Å². The average Bonchev–Trinajstić information content (AvgIpc) is 2.45. The molecule has 19 heavy (non-hydrogen) atoms. The maximum Gasteiger partial charge on any atom is 0.168 e. The highest BCUT2D eigenvalue weighted by atomic mass is 15.1. The van der Waals surface area contributed by atoms with E-state index in [0.29, 0.717) is 0 Å². The zero-order valence-corrected chi connectivity index (χ0v) is 11.7. The van der Waals surface area contributed by atoms with Gasteiger partial charge in [0.05, 0.1) is 0 Å². The first-order valence-electron chi connectivity index (χ1n) is 6.64. The van der Waals surface area contributed by atoms with Crippen LogP contribution in [0.25, 0.3) is 6.08 Å². The summed E-state index contributed by atoms with van der Waals surface area (Å²) in [6.07, 6.45) is 9.65. The van der Waals surface area contributed by atoms with Gasteiger partial charge >= 0.3 is 0 Å². The summed E-state index contributed by atoms with van der Waals surface area (Å²) in [4.78, 5) is 2.11. The van der Waals surface area contributed by atoms with E-state index in [9.17, 15) is 0 Å². The molecule has 0 aliphatic carbocycles. The Hall–Kier alpha value is -2.09. The minimum absolute atomic E-state index is 1.02. The summed E-state index contributed by atoms with van der Waals surface area (Å²) in [6, 6.07) is 14.8. The number of aryl methyl sites for hydroxylation is 1. The van der Waals surface area contributed by atoms with Crippen molar-refractivity contribution in [3.63, 3.8) is 0 Å². The van der Waals surface area contributed by atoms with Crippen LogP contribution in [0, 0.1) is 0 Å². The summed E-state index contributed by atoms with van der Waals surface area (Å²) >= 11 is 0. The quantitative estimate of drug-likeness (QED) is 0.743. The number of hydrogen-bond donors (Lipinski definition) is 0. The molecular formula is C17H21N2+. The molecule has 1 heterocycles. The van der Waals surface area contributed by atoms with E-state index in [2.05, 4.69) is 84.5 Å². The monoisotopic (exact) mass is 253 g/mol. The molecular weight excluding hydrogens is 232 g/mol. The van der Waals surface area contributed by atoms with Crippen molar-refractivity contribution < 1.29 is 4.57 Å². The van der Waals surface area contributed by atoms with Gasteiger partial charge in [-0.3, -0.25) is 0 Å². The number of allylic oxidation sites excluding steroid dienone is 1. The molecule has 0 saturated carbocycles. The summed E-state index contributed by atoms with van der Waals surface area (Å²) in [6.45, 7) is 1.02. The lowest BCUT2D eigenvalue weighted by molar-refractivity contribution is -0.696. The maximum atomic E-state index is 2.23. The average molecular weight is 253 g/mol. The molecule has 0 bridgehead atoms. The van der Waals surface area contributed by atoms with Gasteiger partial charge in [0.25, 0.3) is 0 Å². The van der Waals surface area contributed by atoms with Crippen LogP contribution in [-0.4, -0.2) is 14.1 Å². The molecule has 0 unspecified atom stereocenters. The molecule has 98 valence electrons. The molecule has 0 N–H and O–H groups in total. The lowest BCUT2D eigenvalue weighted by Crippen LogP contribution is -2.31. The zero-order valence-electron chi connectivity index (χ0n) is 11.7. The molecule has 2 aromatic rings. The highest BCUT2D eigenvalue weighted by molar-refractivity contribution is 5.55. The molecule has 0 atom stereocenters. The first-order valence-corrected chi connectivity index (χ1v) is 6.64. The first kappa shape index (κ1) is 13.3. The molecule has 2 heteroatoms. The molecule has 2 rings (SSSR count). The van der Waals surface area contributed by atoms with E-state index >= 15 is 0 Å². The van der Waals surface area contributed by atoms with E-state index in [-0.39, 0.29) is 0 Å². The van der Waals surface area contributed by atoms with E-state index in [1.165, 1.54) is 11.3 Å². The van der Waals surface area contributed by atoms with Gasteiger partial charge in [0.15, 0.2) is 18.9 Å². The molecule has 0 saturated heterocycles. The fourth-order valence-electron chi connectivity index (χ4n) is 1.91. The number of benzene rings is 1. The van der Waals surface area contributed by atoms with Gasteiger partial charge in [-0.2, -0.15) is 0 Å². The Bertz CT molecular complexity index is 513. The van der Waals surface area contributed by atoms with Crippen molar-refractivity contribution >= 4 is 11.8 Å². The SMILES string of the molecule is CN(C)c1ccc(C=CCC[n+]2ccccc2)cc1. The largest absolute Gasteiger partial charge is 0.378 e. The summed E-state index contributed by atoms with van der Waals surface area (Å²) in [5.74, 6) is 0. The number of hydrogen-bond acceptors (Lipinski definition) is 1. The van der Waals surface area contributed by atoms with Gasteiger partial charge in [-0.1, -0.05) is 30.4 Å². The van der Waals surface area contributed by atoms with Crippen molar-refractivity contribution in [1.82, 2.24) is 0 Å². The minimum atomic E-state index is 1.02. The molecule has 0 radical (unpaired) electrons.